The molecule has 1 atom stereocenters. The zero-order valence-corrected chi connectivity index (χ0v) is 9.73. The van der Waals surface area contributed by atoms with Gasteiger partial charge in [-0.25, -0.2) is 0 Å². The predicted molar refractivity (Wildman–Crippen MR) is 66.2 cm³/mol. The molecule has 16 heavy (non-hydrogen) atoms. The molecule has 1 aromatic rings. The third kappa shape index (κ3) is 2.13. The lowest BCUT2D eigenvalue weighted by molar-refractivity contribution is -0.116. The molecule has 1 unspecified atom stereocenters. The molecule has 1 heteroatoms. The second-order valence-electron chi connectivity index (χ2n) is 4.33. The molecule has 2 rings (SSSR count). The van der Waals surface area contributed by atoms with E-state index in [9.17, 15) is 4.79 Å². The molecule has 0 radical (unpaired) electrons. The summed E-state index contributed by atoms with van der Waals surface area (Å²) in [6.07, 6.45) is 4.50. The van der Waals surface area contributed by atoms with Crippen LogP contribution >= 0.6 is 0 Å². The summed E-state index contributed by atoms with van der Waals surface area (Å²) in [5.74, 6) is 0.252. The van der Waals surface area contributed by atoms with E-state index in [2.05, 4.69) is 19.1 Å². The summed E-state index contributed by atoms with van der Waals surface area (Å²) >= 11 is 0. The number of benzene rings is 1. The normalized spacial score (nSPS) is 20.4. The van der Waals surface area contributed by atoms with E-state index >= 15 is 0 Å². The maximum absolute atomic E-state index is 11.6. The number of ketones is 1. The number of hydrogen-bond donors (Lipinski definition) is 0. The zero-order chi connectivity index (χ0) is 11.5. The van der Waals surface area contributed by atoms with Crippen molar-refractivity contribution in [2.24, 2.45) is 5.92 Å². The van der Waals surface area contributed by atoms with Gasteiger partial charge in [0.15, 0.2) is 5.78 Å². The van der Waals surface area contributed by atoms with Gasteiger partial charge >= 0.3 is 0 Å². The molecule has 1 aliphatic rings. The number of hydrogen-bond acceptors (Lipinski definition) is 1. The van der Waals surface area contributed by atoms with Gasteiger partial charge in [0, 0.05) is 5.92 Å². The summed E-state index contributed by atoms with van der Waals surface area (Å²) in [6.45, 7) is 4.07. The third-order valence-corrected chi connectivity index (χ3v) is 3.19. The summed E-state index contributed by atoms with van der Waals surface area (Å²) in [7, 11) is 0. The van der Waals surface area contributed by atoms with E-state index in [4.69, 9.17) is 0 Å². The molecule has 82 valence electrons. The third-order valence-electron chi connectivity index (χ3n) is 3.19. The number of allylic oxidation sites excluding steroid dienone is 4. The van der Waals surface area contributed by atoms with E-state index in [1.807, 2.05) is 31.2 Å². The van der Waals surface area contributed by atoms with Crippen LogP contribution in [0, 0.1) is 5.92 Å². The molecule has 0 amide bonds. The summed E-state index contributed by atoms with van der Waals surface area (Å²) in [4.78, 5) is 11.6. The highest BCUT2D eigenvalue weighted by Gasteiger charge is 2.20. The molecule has 1 aromatic carbocycles. The molecule has 0 aliphatic heterocycles. The first kappa shape index (κ1) is 10.9. The lowest BCUT2D eigenvalue weighted by atomic mass is 9.84. The van der Waals surface area contributed by atoms with Crippen molar-refractivity contribution < 1.29 is 4.79 Å². The van der Waals surface area contributed by atoms with Gasteiger partial charge in [-0.05, 0) is 25.0 Å². The molecule has 0 fully saturated rings. The van der Waals surface area contributed by atoms with Crippen molar-refractivity contribution in [3.8, 4) is 0 Å². The molecule has 0 aromatic heterocycles. The van der Waals surface area contributed by atoms with E-state index in [-0.39, 0.29) is 11.7 Å². The Morgan fingerprint density at radius 3 is 2.50 bits per heavy atom. The highest BCUT2D eigenvalue weighted by Crippen LogP contribution is 2.25. The van der Waals surface area contributed by atoms with E-state index < -0.39 is 0 Å². The Bertz CT molecular complexity index is 452. The Labute approximate surface area is 96.5 Å². The van der Waals surface area contributed by atoms with Crippen LogP contribution in [0.4, 0.5) is 0 Å². The van der Waals surface area contributed by atoms with Crippen molar-refractivity contribution in [2.45, 2.75) is 20.3 Å². The molecule has 1 nitrogen and oxygen atoms in total. The smallest absolute Gasteiger partial charge is 0.162 e. The first-order valence-electron chi connectivity index (χ1n) is 5.64. The number of carbonyl (C=O) groups is 1. The lowest BCUT2D eigenvalue weighted by Crippen LogP contribution is -2.17. The Balaban J connectivity index is 2.27. The van der Waals surface area contributed by atoms with E-state index in [0.29, 0.717) is 0 Å². The summed E-state index contributed by atoms with van der Waals surface area (Å²) in [6, 6.07) is 10.3. The zero-order valence-electron chi connectivity index (χ0n) is 9.73. The Morgan fingerprint density at radius 1 is 1.12 bits per heavy atom. The maximum atomic E-state index is 11.6. The average Bonchev–Trinajstić information content (AvgIpc) is 2.31. The molecular formula is C15H16O. The van der Waals surface area contributed by atoms with Gasteiger partial charge in [0.1, 0.15) is 0 Å². The number of carbonyl (C=O) groups excluding carboxylic acids is 1. The molecule has 0 N–H and O–H groups in total. The van der Waals surface area contributed by atoms with Gasteiger partial charge in [0.2, 0.25) is 0 Å². The monoisotopic (exact) mass is 212 g/mol. The van der Waals surface area contributed by atoms with Crippen molar-refractivity contribution in [1.29, 1.82) is 0 Å². The first-order chi connectivity index (χ1) is 7.68. The molecular weight excluding hydrogens is 196 g/mol. The molecule has 1 aliphatic carbocycles. The standard InChI is InChI=1S/C15H16O/c1-11-8-9-15(16)12(2)14(11)10-13-6-4-3-5-7-13/h3-9,12H,10H2,1-2H3. The minimum absolute atomic E-state index is 0.0326. The van der Waals surface area contributed by atoms with E-state index in [0.717, 1.165) is 6.42 Å². The SMILES string of the molecule is CC1=C(Cc2ccccc2)C(C)C(=O)C=C1. The van der Waals surface area contributed by atoms with Gasteiger partial charge < -0.3 is 0 Å². The summed E-state index contributed by atoms with van der Waals surface area (Å²) in [5.41, 5.74) is 3.75. The Hall–Kier alpha value is -1.63. The van der Waals surface area contributed by atoms with Crippen molar-refractivity contribution in [3.05, 3.63) is 59.2 Å². The highest BCUT2D eigenvalue weighted by molar-refractivity contribution is 5.95. The van der Waals surface area contributed by atoms with E-state index in [1.54, 1.807) is 6.08 Å². The van der Waals surface area contributed by atoms with Gasteiger partial charge in [0.05, 0.1) is 0 Å². The fourth-order valence-electron chi connectivity index (χ4n) is 2.08. The Kier molecular flexibility index (Phi) is 3.04. The van der Waals surface area contributed by atoms with Crippen LogP contribution in [0.5, 0.6) is 0 Å². The molecule has 0 spiro atoms. The van der Waals surface area contributed by atoms with Crippen molar-refractivity contribution in [2.75, 3.05) is 0 Å². The van der Waals surface area contributed by atoms with Crippen LogP contribution < -0.4 is 0 Å². The minimum Gasteiger partial charge on any atom is -0.294 e. The summed E-state index contributed by atoms with van der Waals surface area (Å²) < 4.78 is 0. The van der Waals surface area contributed by atoms with Crippen LogP contribution in [0.15, 0.2) is 53.6 Å². The Morgan fingerprint density at radius 2 is 1.81 bits per heavy atom. The van der Waals surface area contributed by atoms with Crippen LogP contribution in [0.25, 0.3) is 0 Å². The second-order valence-corrected chi connectivity index (χ2v) is 4.33. The van der Waals surface area contributed by atoms with Crippen LogP contribution in [-0.2, 0) is 11.2 Å². The second kappa shape index (κ2) is 4.48. The van der Waals surface area contributed by atoms with Crippen molar-refractivity contribution in [1.82, 2.24) is 0 Å². The topological polar surface area (TPSA) is 17.1 Å². The fraction of sp³-hybridized carbons (Fsp3) is 0.267. The summed E-state index contributed by atoms with van der Waals surface area (Å²) in [5, 5.41) is 0. The van der Waals surface area contributed by atoms with Gasteiger partial charge in [-0.3, -0.25) is 4.79 Å². The molecule has 0 heterocycles. The fourth-order valence-corrected chi connectivity index (χ4v) is 2.08. The first-order valence-corrected chi connectivity index (χ1v) is 5.64. The lowest BCUT2D eigenvalue weighted by Gasteiger charge is -2.19. The molecule has 0 saturated carbocycles. The maximum Gasteiger partial charge on any atom is 0.162 e. The minimum atomic E-state index is 0.0326. The molecule has 0 bridgehead atoms. The van der Waals surface area contributed by atoms with E-state index in [1.165, 1.54) is 16.7 Å². The highest BCUT2D eigenvalue weighted by atomic mass is 16.1. The molecule has 0 saturated heterocycles. The number of rotatable bonds is 2. The van der Waals surface area contributed by atoms with Crippen LogP contribution in [0.3, 0.4) is 0 Å². The van der Waals surface area contributed by atoms with Crippen LogP contribution in [0.1, 0.15) is 19.4 Å². The van der Waals surface area contributed by atoms with Crippen LogP contribution in [0.2, 0.25) is 0 Å². The van der Waals surface area contributed by atoms with Crippen molar-refractivity contribution >= 4 is 5.78 Å². The van der Waals surface area contributed by atoms with Crippen LogP contribution in [-0.4, -0.2) is 5.78 Å². The van der Waals surface area contributed by atoms with Gasteiger partial charge in [-0.1, -0.05) is 54.5 Å². The quantitative estimate of drug-likeness (QED) is 0.735. The van der Waals surface area contributed by atoms with Gasteiger partial charge in [-0.15, -0.1) is 0 Å². The predicted octanol–water partition coefficient (Wildman–Crippen LogP) is 3.32. The average molecular weight is 212 g/mol. The van der Waals surface area contributed by atoms with Gasteiger partial charge in [0.25, 0.3) is 0 Å². The largest absolute Gasteiger partial charge is 0.294 e. The van der Waals surface area contributed by atoms with Gasteiger partial charge in [-0.2, -0.15) is 0 Å². The van der Waals surface area contributed by atoms with Crippen molar-refractivity contribution in [3.63, 3.8) is 0 Å².